The molecule has 3 rings (SSSR count). The van der Waals surface area contributed by atoms with Crippen LogP contribution in [0.3, 0.4) is 0 Å². The van der Waals surface area contributed by atoms with Crippen LogP contribution in [0.1, 0.15) is 34.1 Å². The summed E-state index contributed by atoms with van der Waals surface area (Å²) in [5.74, 6) is -2.94. The van der Waals surface area contributed by atoms with Gasteiger partial charge in [0.25, 0.3) is 0 Å². The Bertz CT molecular complexity index is 817. The first-order valence-corrected chi connectivity index (χ1v) is 12.4. The van der Waals surface area contributed by atoms with E-state index in [0.29, 0.717) is 13.0 Å². The number of carbonyl (C=O) groups excluding carboxylic acids is 3. The van der Waals surface area contributed by atoms with Crippen LogP contribution in [0.15, 0.2) is 25.3 Å². The van der Waals surface area contributed by atoms with Crippen LogP contribution < -0.4 is 0 Å². The molecular formula is C24H35BrN2O6. The van der Waals surface area contributed by atoms with Gasteiger partial charge in [0.2, 0.25) is 11.8 Å². The molecule has 9 heteroatoms. The van der Waals surface area contributed by atoms with Crippen molar-refractivity contribution < 1.29 is 29.0 Å². The third kappa shape index (κ3) is 4.06. The predicted molar refractivity (Wildman–Crippen MR) is 126 cm³/mol. The van der Waals surface area contributed by atoms with Gasteiger partial charge in [-0.15, -0.1) is 6.58 Å². The Balaban J connectivity index is 2.14. The predicted octanol–water partition coefficient (Wildman–Crippen LogP) is 1.90. The number of esters is 1. The van der Waals surface area contributed by atoms with Gasteiger partial charge < -0.3 is 24.4 Å². The number of aliphatic hydroxyl groups is 1. The zero-order valence-electron chi connectivity index (χ0n) is 19.8. The lowest BCUT2D eigenvalue weighted by Crippen LogP contribution is -2.60. The van der Waals surface area contributed by atoms with Gasteiger partial charge in [-0.2, -0.15) is 0 Å². The Labute approximate surface area is 204 Å². The molecule has 8 nitrogen and oxygen atoms in total. The maximum Gasteiger partial charge on any atom is 0.312 e. The van der Waals surface area contributed by atoms with Crippen LogP contribution >= 0.6 is 15.9 Å². The Morgan fingerprint density at radius 2 is 2.00 bits per heavy atom. The number of hydrogen-bond acceptors (Lipinski definition) is 6. The zero-order chi connectivity index (χ0) is 24.7. The lowest BCUT2D eigenvalue weighted by molar-refractivity contribution is -0.156. The maximum absolute atomic E-state index is 14.0. The van der Waals surface area contributed by atoms with Crippen LogP contribution in [0.2, 0.25) is 0 Å². The van der Waals surface area contributed by atoms with Crippen molar-refractivity contribution in [2.24, 2.45) is 17.8 Å². The SMILES string of the molecule is C=CCOC(=O)[C@H]1[C@@H]2OC3(CC2Br)C(C(=O)N(CC=C)C(C)C)N([C@@H](CO)C(C)C)C(=O)[C@H]13. The summed E-state index contributed by atoms with van der Waals surface area (Å²) in [6.45, 7) is 15.0. The van der Waals surface area contributed by atoms with Crippen LogP contribution in [0.25, 0.3) is 0 Å². The Kier molecular flexibility index (Phi) is 7.75. The number of hydrogen-bond donors (Lipinski definition) is 1. The van der Waals surface area contributed by atoms with Crippen molar-refractivity contribution in [3.05, 3.63) is 25.3 Å². The topological polar surface area (TPSA) is 96.4 Å². The summed E-state index contributed by atoms with van der Waals surface area (Å²) in [6, 6.07) is -1.69. The minimum absolute atomic E-state index is 0.0285. The Morgan fingerprint density at radius 1 is 1.33 bits per heavy atom. The van der Waals surface area contributed by atoms with Gasteiger partial charge in [0.05, 0.1) is 30.6 Å². The third-order valence-electron chi connectivity index (χ3n) is 7.12. The number of halogens is 1. The van der Waals surface area contributed by atoms with E-state index in [4.69, 9.17) is 9.47 Å². The second-order valence-electron chi connectivity index (χ2n) is 9.69. The van der Waals surface area contributed by atoms with E-state index in [0.717, 1.165) is 0 Å². The highest BCUT2D eigenvalue weighted by atomic mass is 79.9. The average Bonchev–Trinajstić information content (AvgIpc) is 3.34. The molecule has 2 amide bonds. The molecule has 0 aromatic rings. The van der Waals surface area contributed by atoms with E-state index in [1.54, 1.807) is 11.0 Å². The van der Waals surface area contributed by atoms with Gasteiger partial charge in [0.15, 0.2) is 0 Å². The van der Waals surface area contributed by atoms with Gasteiger partial charge in [-0.1, -0.05) is 48.5 Å². The number of likely N-dealkylation sites (tertiary alicyclic amines) is 1. The maximum atomic E-state index is 14.0. The first kappa shape index (κ1) is 25.9. The molecular weight excluding hydrogens is 492 g/mol. The number of rotatable bonds is 10. The molecule has 7 atom stereocenters. The van der Waals surface area contributed by atoms with Crippen molar-refractivity contribution in [1.29, 1.82) is 0 Å². The summed E-state index contributed by atoms with van der Waals surface area (Å²) in [4.78, 5) is 43.9. The van der Waals surface area contributed by atoms with Gasteiger partial charge in [0.1, 0.15) is 18.2 Å². The highest BCUT2D eigenvalue weighted by Crippen LogP contribution is 2.61. The minimum Gasteiger partial charge on any atom is -0.461 e. The van der Waals surface area contributed by atoms with Gasteiger partial charge in [-0.05, 0) is 26.2 Å². The standard InChI is InChI=1S/C24H35BrN2O6/c1-7-9-26(14(5)6)22(30)20-24-11-15(25)19(33-24)17(23(31)32-10-8-2)18(24)21(29)27(20)16(12-28)13(3)4/h7-8,13-20,28H,1-2,9-12H2,3-6H3/t15?,16-,17+,18-,19+,20?,24?/m0/s1. The lowest BCUT2D eigenvalue weighted by Gasteiger charge is -2.41. The molecule has 3 aliphatic rings. The van der Waals surface area contributed by atoms with Crippen LogP contribution in [0.4, 0.5) is 0 Å². The second kappa shape index (κ2) is 9.88. The number of carbonyl (C=O) groups is 3. The molecule has 33 heavy (non-hydrogen) atoms. The summed E-state index contributed by atoms with van der Waals surface area (Å²) in [6.07, 6.45) is 2.95. The van der Waals surface area contributed by atoms with E-state index >= 15 is 0 Å². The molecule has 1 spiro atoms. The summed E-state index contributed by atoms with van der Waals surface area (Å²) in [5, 5.41) is 10.2. The third-order valence-corrected chi connectivity index (χ3v) is 7.97. The summed E-state index contributed by atoms with van der Waals surface area (Å²) in [5.41, 5.74) is -1.18. The molecule has 2 bridgehead atoms. The molecule has 3 saturated heterocycles. The van der Waals surface area contributed by atoms with E-state index < -0.39 is 41.6 Å². The first-order chi connectivity index (χ1) is 15.6. The lowest BCUT2D eigenvalue weighted by atomic mass is 9.70. The van der Waals surface area contributed by atoms with Crippen molar-refractivity contribution in [3.63, 3.8) is 0 Å². The quantitative estimate of drug-likeness (QED) is 0.265. The Hall–Kier alpha value is -1.71. The van der Waals surface area contributed by atoms with E-state index in [2.05, 4.69) is 29.1 Å². The average molecular weight is 527 g/mol. The smallest absolute Gasteiger partial charge is 0.312 e. The fourth-order valence-corrected chi connectivity index (χ4v) is 6.62. The Morgan fingerprint density at radius 3 is 2.52 bits per heavy atom. The number of ether oxygens (including phenoxy) is 2. The molecule has 3 aliphatic heterocycles. The monoisotopic (exact) mass is 526 g/mol. The fourth-order valence-electron chi connectivity index (χ4n) is 5.68. The normalized spacial score (nSPS) is 33.4. The highest BCUT2D eigenvalue weighted by Gasteiger charge is 2.77. The molecule has 3 heterocycles. The molecule has 0 aliphatic carbocycles. The van der Waals surface area contributed by atoms with Crippen LogP contribution in [-0.2, 0) is 23.9 Å². The van der Waals surface area contributed by atoms with E-state index in [1.165, 1.54) is 11.0 Å². The summed E-state index contributed by atoms with van der Waals surface area (Å²) < 4.78 is 11.8. The minimum atomic E-state index is -1.18. The van der Waals surface area contributed by atoms with Crippen LogP contribution in [-0.4, -0.2) is 87.1 Å². The second-order valence-corrected chi connectivity index (χ2v) is 10.9. The summed E-state index contributed by atoms with van der Waals surface area (Å²) in [7, 11) is 0. The van der Waals surface area contributed by atoms with Gasteiger partial charge >= 0.3 is 5.97 Å². The van der Waals surface area contributed by atoms with Crippen molar-refractivity contribution in [3.8, 4) is 0 Å². The molecule has 1 N–H and O–H groups in total. The molecule has 184 valence electrons. The number of aliphatic hydroxyl groups excluding tert-OH is 1. The molecule has 0 saturated carbocycles. The largest absolute Gasteiger partial charge is 0.461 e. The first-order valence-electron chi connectivity index (χ1n) is 11.5. The fraction of sp³-hybridized carbons (Fsp3) is 0.708. The van der Waals surface area contributed by atoms with Crippen molar-refractivity contribution in [2.45, 2.75) is 68.8 Å². The van der Waals surface area contributed by atoms with Crippen LogP contribution in [0, 0.1) is 17.8 Å². The van der Waals surface area contributed by atoms with Gasteiger partial charge in [-0.3, -0.25) is 14.4 Å². The molecule has 3 unspecified atom stereocenters. The number of fused-ring (bicyclic) bond motifs is 1. The molecule has 0 radical (unpaired) electrons. The number of nitrogens with zero attached hydrogens (tertiary/aromatic N) is 2. The highest BCUT2D eigenvalue weighted by molar-refractivity contribution is 9.09. The van der Waals surface area contributed by atoms with Crippen molar-refractivity contribution >= 4 is 33.7 Å². The van der Waals surface area contributed by atoms with Crippen molar-refractivity contribution in [1.82, 2.24) is 9.80 Å². The molecule has 0 aromatic heterocycles. The van der Waals surface area contributed by atoms with E-state index in [1.807, 2.05) is 27.7 Å². The summed E-state index contributed by atoms with van der Waals surface area (Å²) >= 11 is 3.63. The van der Waals surface area contributed by atoms with E-state index in [9.17, 15) is 19.5 Å². The number of alkyl halides is 1. The van der Waals surface area contributed by atoms with Crippen LogP contribution in [0.5, 0.6) is 0 Å². The number of amides is 2. The molecule has 3 fully saturated rings. The van der Waals surface area contributed by atoms with Gasteiger partial charge in [-0.25, -0.2) is 0 Å². The van der Waals surface area contributed by atoms with E-state index in [-0.39, 0.29) is 41.8 Å². The van der Waals surface area contributed by atoms with Crippen molar-refractivity contribution in [2.75, 3.05) is 19.8 Å². The zero-order valence-corrected chi connectivity index (χ0v) is 21.4. The van der Waals surface area contributed by atoms with Gasteiger partial charge in [0, 0.05) is 17.4 Å². The molecule has 0 aromatic carbocycles.